The summed E-state index contributed by atoms with van der Waals surface area (Å²) in [6, 6.07) is 19.9. The van der Waals surface area contributed by atoms with Gasteiger partial charge in [0.1, 0.15) is 6.04 Å². The number of carbonyl (C=O) groups is 1. The van der Waals surface area contributed by atoms with E-state index in [0.717, 1.165) is 16.8 Å². The van der Waals surface area contributed by atoms with Crippen molar-refractivity contribution >= 4 is 28.9 Å². The smallest absolute Gasteiger partial charge is 0.251 e. The summed E-state index contributed by atoms with van der Waals surface area (Å²) < 4.78 is 10.8. The molecule has 1 unspecified atom stereocenters. The van der Waals surface area contributed by atoms with Gasteiger partial charge in [0.2, 0.25) is 6.79 Å². The maximum absolute atomic E-state index is 13.1. The number of hydrogen-bond acceptors (Lipinski definition) is 4. The summed E-state index contributed by atoms with van der Waals surface area (Å²) in [5, 5.41) is 6.84. The Morgan fingerprint density at radius 1 is 0.964 bits per heavy atom. The highest BCUT2D eigenvalue weighted by atomic mass is 35.5. The lowest BCUT2D eigenvalue weighted by Gasteiger charge is -2.20. The number of halogens is 1. The van der Waals surface area contributed by atoms with E-state index < -0.39 is 6.04 Å². The predicted molar refractivity (Wildman–Crippen MR) is 110 cm³/mol. The van der Waals surface area contributed by atoms with Crippen LogP contribution in [0.15, 0.2) is 66.7 Å². The Bertz CT molecular complexity index is 1010. The van der Waals surface area contributed by atoms with E-state index in [0.29, 0.717) is 22.2 Å². The van der Waals surface area contributed by atoms with E-state index >= 15 is 0 Å². The molecule has 4 rings (SSSR count). The molecule has 0 bridgehead atoms. The quantitative estimate of drug-likeness (QED) is 0.626. The summed E-state index contributed by atoms with van der Waals surface area (Å²) in [7, 11) is 0. The number of amides is 1. The molecular formula is C22H19ClN2O3. The Morgan fingerprint density at radius 3 is 2.50 bits per heavy atom. The van der Waals surface area contributed by atoms with E-state index in [4.69, 9.17) is 21.1 Å². The first-order valence-electron chi connectivity index (χ1n) is 8.88. The Labute approximate surface area is 168 Å². The Morgan fingerprint density at radius 2 is 1.71 bits per heavy atom. The molecule has 1 amide bonds. The summed E-state index contributed by atoms with van der Waals surface area (Å²) >= 11 is 6.19. The van der Waals surface area contributed by atoms with Gasteiger partial charge in [0, 0.05) is 22.5 Å². The molecule has 28 heavy (non-hydrogen) atoms. The van der Waals surface area contributed by atoms with Crippen LogP contribution < -0.4 is 20.1 Å². The van der Waals surface area contributed by atoms with E-state index in [1.54, 1.807) is 6.07 Å². The molecule has 1 aliphatic heterocycles. The average molecular weight is 395 g/mol. The predicted octanol–water partition coefficient (Wildman–Crippen LogP) is 5.17. The number of hydrogen-bond donors (Lipinski definition) is 2. The Balaban J connectivity index is 1.60. The van der Waals surface area contributed by atoms with Crippen LogP contribution >= 0.6 is 11.6 Å². The molecule has 1 aliphatic rings. The van der Waals surface area contributed by atoms with Gasteiger partial charge in [0.05, 0.1) is 0 Å². The number of carbonyl (C=O) groups excluding carboxylic acids is 1. The molecule has 1 heterocycles. The van der Waals surface area contributed by atoms with Crippen molar-refractivity contribution in [2.75, 3.05) is 17.4 Å². The molecule has 6 heteroatoms. The molecule has 3 aromatic rings. The molecule has 0 saturated heterocycles. The largest absolute Gasteiger partial charge is 0.454 e. The number of rotatable bonds is 5. The lowest BCUT2D eigenvalue weighted by molar-refractivity contribution is -0.117. The second-order valence-electron chi connectivity index (χ2n) is 6.51. The van der Waals surface area contributed by atoms with Gasteiger partial charge in [0.25, 0.3) is 5.91 Å². The number of ether oxygens (including phenoxy) is 2. The molecular weight excluding hydrogens is 376 g/mol. The Kier molecular flexibility index (Phi) is 5.08. The average Bonchev–Trinajstić information content (AvgIpc) is 3.17. The van der Waals surface area contributed by atoms with Crippen molar-refractivity contribution in [2.45, 2.75) is 13.0 Å². The van der Waals surface area contributed by atoms with Gasteiger partial charge in [-0.05, 0) is 42.3 Å². The second-order valence-corrected chi connectivity index (χ2v) is 6.92. The molecule has 5 nitrogen and oxygen atoms in total. The zero-order valence-electron chi connectivity index (χ0n) is 15.2. The zero-order valence-corrected chi connectivity index (χ0v) is 16.0. The van der Waals surface area contributed by atoms with Crippen molar-refractivity contribution < 1.29 is 14.3 Å². The Hall–Kier alpha value is -3.18. The standard InChI is InChI=1S/C22H19ClN2O3/c1-14-7-8-16(11-18(14)23)25-22(26)21(15-5-3-2-4-6-15)24-17-9-10-19-20(12-17)28-13-27-19/h2-12,21,24H,13H2,1H3,(H,25,26). The lowest BCUT2D eigenvalue weighted by atomic mass is 10.1. The molecule has 0 saturated carbocycles. The monoisotopic (exact) mass is 394 g/mol. The molecule has 0 radical (unpaired) electrons. The third kappa shape index (κ3) is 3.89. The lowest BCUT2D eigenvalue weighted by Crippen LogP contribution is -2.27. The highest BCUT2D eigenvalue weighted by Gasteiger charge is 2.22. The fourth-order valence-corrected chi connectivity index (χ4v) is 3.16. The van der Waals surface area contributed by atoms with Crippen LogP contribution in [0.25, 0.3) is 0 Å². The van der Waals surface area contributed by atoms with Crippen LogP contribution in [-0.2, 0) is 4.79 Å². The van der Waals surface area contributed by atoms with Gasteiger partial charge in [-0.1, -0.05) is 48.0 Å². The van der Waals surface area contributed by atoms with E-state index in [1.165, 1.54) is 0 Å². The summed E-state index contributed by atoms with van der Waals surface area (Å²) in [4.78, 5) is 13.1. The van der Waals surface area contributed by atoms with Gasteiger partial charge in [-0.25, -0.2) is 0 Å². The van der Waals surface area contributed by atoms with Crippen LogP contribution in [0.1, 0.15) is 17.2 Å². The van der Waals surface area contributed by atoms with Crippen LogP contribution in [0, 0.1) is 6.92 Å². The summed E-state index contributed by atoms with van der Waals surface area (Å²) in [6.45, 7) is 2.12. The first-order valence-corrected chi connectivity index (χ1v) is 9.26. The van der Waals surface area contributed by atoms with Crippen molar-refractivity contribution in [2.24, 2.45) is 0 Å². The molecule has 0 aromatic heterocycles. The number of anilines is 2. The summed E-state index contributed by atoms with van der Waals surface area (Å²) in [6.07, 6.45) is 0. The third-order valence-electron chi connectivity index (χ3n) is 4.52. The van der Waals surface area contributed by atoms with Gasteiger partial charge < -0.3 is 20.1 Å². The minimum absolute atomic E-state index is 0.191. The van der Waals surface area contributed by atoms with Crippen LogP contribution in [0.5, 0.6) is 11.5 Å². The van der Waals surface area contributed by atoms with Gasteiger partial charge in [-0.15, -0.1) is 0 Å². The van der Waals surface area contributed by atoms with Gasteiger partial charge in [-0.3, -0.25) is 4.79 Å². The molecule has 0 fully saturated rings. The van der Waals surface area contributed by atoms with Crippen molar-refractivity contribution in [3.8, 4) is 11.5 Å². The van der Waals surface area contributed by atoms with Crippen LogP contribution in [0.3, 0.4) is 0 Å². The topological polar surface area (TPSA) is 59.6 Å². The maximum atomic E-state index is 13.1. The fourth-order valence-electron chi connectivity index (χ4n) is 2.98. The molecule has 0 spiro atoms. The molecule has 2 N–H and O–H groups in total. The number of benzene rings is 3. The van der Waals surface area contributed by atoms with E-state index in [-0.39, 0.29) is 12.7 Å². The van der Waals surface area contributed by atoms with E-state index in [1.807, 2.05) is 67.6 Å². The molecule has 0 aliphatic carbocycles. The third-order valence-corrected chi connectivity index (χ3v) is 4.93. The summed E-state index contributed by atoms with van der Waals surface area (Å²) in [5.74, 6) is 1.16. The molecule has 3 aromatic carbocycles. The minimum Gasteiger partial charge on any atom is -0.454 e. The number of aryl methyl sites for hydroxylation is 1. The van der Waals surface area contributed by atoms with E-state index in [2.05, 4.69) is 10.6 Å². The highest BCUT2D eigenvalue weighted by molar-refractivity contribution is 6.31. The molecule has 142 valence electrons. The summed E-state index contributed by atoms with van der Waals surface area (Å²) in [5.41, 5.74) is 3.21. The van der Waals surface area contributed by atoms with Gasteiger partial charge in [-0.2, -0.15) is 0 Å². The van der Waals surface area contributed by atoms with Crippen molar-refractivity contribution in [1.29, 1.82) is 0 Å². The second kappa shape index (κ2) is 7.82. The van der Waals surface area contributed by atoms with Crippen molar-refractivity contribution in [3.63, 3.8) is 0 Å². The molecule has 1 atom stereocenters. The SMILES string of the molecule is Cc1ccc(NC(=O)C(Nc2ccc3c(c2)OCO3)c2ccccc2)cc1Cl. The van der Waals surface area contributed by atoms with Gasteiger partial charge in [0.15, 0.2) is 11.5 Å². The fraction of sp³-hybridized carbons (Fsp3) is 0.136. The maximum Gasteiger partial charge on any atom is 0.251 e. The van der Waals surface area contributed by atoms with Gasteiger partial charge >= 0.3 is 0 Å². The van der Waals surface area contributed by atoms with Crippen molar-refractivity contribution in [3.05, 3.63) is 82.9 Å². The first kappa shape index (κ1) is 18.2. The minimum atomic E-state index is -0.596. The van der Waals surface area contributed by atoms with Crippen molar-refractivity contribution in [1.82, 2.24) is 0 Å². The number of nitrogens with one attached hydrogen (secondary N) is 2. The first-order chi connectivity index (χ1) is 13.6. The van der Waals surface area contributed by atoms with Crippen LogP contribution in [0.2, 0.25) is 5.02 Å². The van der Waals surface area contributed by atoms with Crippen LogP contribution in [-0.4, -0.2) is 12.7 Å². The van der Waals surface area contributed by atoms with Crippen LogP contribution in [0.4, 0.5) is 11.4 Å². The van der Waals surface area contributed by atoms with E-state index in [9.17, 15) is 4.79 Å². The zero-order chi connectivity index (χ0) is 19.5. The highest BCUT2D eigenvalue weighted by Crippen LogP contribution is 2.35. The normalized spacial score (nSPS) is 13.1. The number of fused-ring (bicyclic) bond motifs is 1.